The number of benzene rings is 3. The maximum Gasteiger partial charge on any atom is 0.248 e. The van der Waals surface area contributed by atoms with E-state index in [4.69, 9.17) is 4.74 Å². The van der Waals surface area contributed by atoms with Gasteiger partial charge in [-0.05, 0) is 47.5 Å². The summed E-state index contributed by atoms with van der Waals surface area (Å²) in [5.74, 6) is -0.125. The molecule has 1 amide bonds. The monoisotopic (exact) mass is 437 g/mol. The fourth-order valence-electron chi connectivity index (χ4n) is 2.77. The molecule has 0 aliphatic carbocycles. The van der Waals surface area contributed by atoms with Crippen molar-refractivity contribution >= 4 is 27.5 Å². The van der Waals surface area contributed by atoms with Crippen molar-refractivity contribution in [3.63, 3.8) is 0 Å². The smallest absolute Gasteiger partial charge is 0.248 e. The number of ether oxygens (including phenoxy) is 1. The van der Waals surface area contributed by atoms with E-state index in [1.807, 2.05) is 48.5 Å². The lowest BCUT2D eigenvalue weighted by Gasteiger charge is -2.08. The van der Waals surface area contributed by atoms with Gasteiger partial charge in [-0.2, -0.15) is 0 Å². The van der Waals surface area contributed by atoms with Gasteiger partial charge in [0.15, 0.2) is 9.84 Å². The molecule has 2 N–H and O–H groups in total. The molecular formula is C24H23NO5S. The summed E-state index contributed by atoms with van der Waals surface area (Å²) in [7, 11) is -3.45. The second-order valence-corrected chi connectivity index (χ2v) is 9.03. The van der Waals surface area contributed by atoms with Gasteiger partial charge in [-0.15, -0.1) is 0 Å². The Morgan fingerprint density at radius 1 is 1.03 bits per heavy atom. The van der Waals surface area contributed by atoms with E-state index in [1.165, 1.54) is 31.2 Å². The summed E-state index contributed by atoms with van der Waals surface area (Å²) in [4.78, 5) is 12.3. The number of anilines is 1. The Morgan fingerprint density at radius 2 is 1.81 bits per heavy atom. The van der Waals surface area contributed by atoms with Gasteiger partial charge < -0.3 is 15.2 Å². The van der Waals surface area contributed by atoms with Gasteiger partial charge in [0.05, 0.1) is 16.3 Å². The van der Waals surface area contributed by atoms with E-state index in [-0.39, 0.29) is 22.1 Å². The van der Waals surface area contributed by atoms with Gasteiger partial charge in [-0.1, -0.05) is 49.4 Å². The lowest BCUT2D eigenvalue weighted by molar-refractivity contribution is -0.111. The number of carbonyl (C=O) groups excluding carboxylic acids is 1. The van der Waals surface area contributed by atoms with Crippen molar-refractivity contribution in [1.82, 2.24) is 0 Å². The van der Waals surface area contributed by atoms with E-state index in [9.17, 15) is 18.3 Å². The molecule has 0 unspecified atom stereocenters. The minimum absolute atomic E-state index is 0.0316. The molecule has 0 atom stereocenters. The third-order valence-electron chi connectivity index (χ3n) is 4.50. The number of amides is 1. The van der Waals surface area contributed by atoms with Crippen LogP contribution >= 0.6 is 0 Å². The van der Waals surface area contributed by atoms with Crippen LogP contribution in [0.25, 0.3) is 6.08 Å². The summed E-state index contributed by atoms with van der Waals surface area (Å²) in [5, 5.41) is 12.5. The molecule has 7 heteroatoms. The number of phenols is 1. The fourth-order valence-corrected chi connectivity index (χ4v) is 3.68. The molecule has 0 radical (unpaired) electrons. The quantitative estimate of drug-likeness (QED) is 0.402. The molecule has 160 valence electrons. The Bertz CT molecular complexity index is 1190. The third kappa shape index (κ3) is 6.20. The van der Waals surface area contributed by atoms with Crippen LogP contribution in [0, 0.1) is 0 Å². The summed E-state index contributed by atoms with van der Waals surface area (Å²) in [6, 6.07) is 20.9. The zero-order valence-electron chi connectivity index (χ0n) is 17.0. The molecule has 0 aliphatic heterocycles. The molecule has 0 bridgehead atoms. The van der Waals surface area contributed by atoms with Crippen LogP contribution in [-0.4, -0.2) is 25.2 Å². The van der Waals surface area contributed by atoms with Crippen LogP contribution in [0.1, 0.15) is 18.1 Å². The molecule has 0 fully saturated rings. The third-order valence-corrected chi connectivity index (χ3v) is 6.23. The van der Waals surface area contributed by atoms with Crippen LogP contribution in [-0.2, 0) is 21.2 Å². The second kappa shape index (κ2) is 9.95. The van der Waals surface area contributed by atoms with E-state index >= 15 is 0 Å². The highest BCUT2D eigenvalue weighted by Crippen LogP contribution is 2.27. The lowest BCUT2D eigenvalue weighted by atomic mass is 10.2. The Labute approximate surface area is 181 Å². The summed E-state index contributed by atoms with van der Waals surface area (Å²) in [6.07, 6.45) is 2.91. The molecule has 3 rings (SSSR count). The number of sulfone groups is 1. The Morgan fingerprint density at radius 3 is 2.55 bits per heavy atom. The van der Waals surface area contributed by atoms with Crippen LogP contribution < -0.4 is 10.1 Å². The summed E-state index contributed by atoms with van der Waals surface area (Å²) >= 11 is 0. The van der Waals surface area contributed by atoms with Gasteiger partial charge in [0.2, 0.25) is 5.91 Å². The maximum atomic E-state index is 12.3. The number of carbonyl (C=O) groups is 1. The van der Waals surface area contributed by atoms with Crippen LogP contribution in [0.2, 0.25) is 0 Å². The Kier molecular flexibility index (Phi) is 7.10. The summed E-state index contributed by atoms with van der Waals surface area (Å²) < 4.78 is 29.8. The largest absolute Gasteiger partial charge is 0.506 e. The highest BCUT2D eigenvalue weighted by atomic mass is 32.2. The van der Waals surface area contributed by atoms with Crippen LogP contribution in [0.4, 0.5) is 5.69 Å². The number of aromatic hydroxyl groups is 1. The molecule has 0 spiro atoms. The first kappa shape index (κ1) is 22.1. The van der Waals surface area contributed by atoms with Crippen LogP contribution in [0.3, 0.4) is 0 Å². The summed E-state index contributed by atoms with van der Waals surface area (Å²) in [6.45, 7) is 1.96. The van der Waals surface area contributed by atoms with Crippen molar-refractivity contribution in [2.24, 2.45) is 0 Å². The average molecular weight is 438 g/mol. The summed E-state index contributed by atoms with van der Waals surface area (Å²) in [5.41, 5.74) is 1.84. The van der Waals surface area contributed by atoms with Crippen molar-refractivity contribution in [3.8, 4) is 11.5 Å². The van der Waals surface area contributed by atoms with E-state index < -0.39 is 15.7 Å². The molecule has 3 aromatic carbocycles. The zero-order valence-corrected chi connectivity index (χ0v) is 17.8. The molecule has 0 aliphatic rings. The fraction of sp³-hybridized carbons (Fsp3) is 0.125. The van der Waals surface area contributed by atoms with Crippen molar-refractivity contribution < 1.29 is 23.1 Å². The lowest BCUT2D eigenvalue weighted by Crippen LogP contribution is -2.10. The van der Waals surface area contributed by atoms with Crippen LogP contribution in [0.5, 0.6) is 11.5 Å². The second-order valence-electron chi connectivity index (χ2n) is 6.75. The number of nitrogens with one attached hydrogen (secondary N) is 1. The standard InChI is InChI=1S/C24H23NO5S/c1-2-31(28,29)21-12-13-23(26)22(16-21)25-24(27)14-11-18-9-6-10-20(15-18)30-17-19-7-4-3-5-8-19/h3-16,26H,2,17H2,1H3,(H,25,27)/b14-11+. The predicted octanol–water partition coefficient (Wildman–Crippen LogP) is 4.42. The number of rotatable bonds is 8. The molecule has 3 aromatic rings. The van der Waals surface area contributed by atoms with E-state index in [0.717, 1.165) is 11.1 Å². The highest BCUT2D eigenvalue weighted by Gasteiger charge is 2.14. The van der Waals surface area contributed by atoms with E-state index in [2.05, 4.69) is 5.32 Å². The zero-order chi connectivity index (χ0) is 22.3. The van der Waals surface area contributed by atoms with Crippen molar-refractivity contribution in [2.45, 2.75) is 18.4 Å². The van der Waals surface area contributed by atoms with Crippen molar-refractivity contribution in [2.75, 3.05) is 11.1 Å². The van der Waals surface area contributed by atoms with E-state index in [1.54, 1.807) is 12.1 Å². The molecule has 0 saturated carbocycles. The molecule has 0 saturated heterocycles. The van der Waals surface area contributed by atoms with Crippen molar-refractivity contribution in [1.29, 1.82) is 0 Å². The topological polar surface area (TPSA) is 92.7 Å². The number of phenolic OH excluding ortho intramolecular Hbond substituents is 1. The number of hydrogen-bond donors (Lipinski definition) is 2. The first-order valence-electron chi connectivity index (χ1n) is 9.69. The molecule has 6 nitrogen and oxygen atoms in total. The van der Waals surface area contributed by atoms with Gasteiger partial charge in [0.1, 0.15) is 18.1 Å². The van der Waals surface area contributed by atoms with Gasteiger partial charge in [0.25, 0.3) is 0 Å². The Balaban J connectivity index is 1.66. The van der Waals surface area contributed by atoms with E-state index in [0.29, 0.717) is 12.4 Å². The van der Waals surface area contributed by atoms with Gasteiger partial charge in [0, 0.05) is 6.08 Å². The first-order valence-corrected chi connectivity index (χ1v) is 11.3. The molecular weight excluding hydrogens is 414 g/mol. The molecule has 31 heavy (non-hydrogen) atoms. The van der Waals surface area contributed by atoms with Gasteiger partial charge in [-0.25, -0.2) is 8.42 Å². The van der Waals surface area contributed by atoms with Crippen LogP contribution in [0.15, 0.2) is 83.8 Å². The highest BCUT2D eigenvalue weighted by molar-refractivity contribution is 7.91. The minimum atomic E-state index is -3.45. The van der Waals surface area contributed by atoms with Crippen molar-refractivity contribution in [3.05, 3.63) is 90.0 Å². The molecule has 0 heterocycles. The normalized spacial score (nSPS) is 11.4. The maximum absolute atomic E-state index is 12.3. The minimum Gasteiger partial charge on any atom is -0.506 e. The first-order chi connectivity index (χ1) is 14.9. The number of hydrogen-bond acceptors (Lipinski definition) is 5. The van der Waals surface area contributed by atoms with Gasteiger partial charge in [-0.3, -0.25) is 4.79 Å². The molecule has 0 aromatic heterocycles. The van der Waals surface area contributed by atoms with Gasteiger partial charge >= 0.3 is 0 Å². The average Bonchev–Trinajstić information content (AvgIpc) is 2.78. The predicted molar refractivity (Wildman–Crippen MR) is 121 cm³/mol. The SMILES string of the molecule is CCS(=O)(=O)c1ccc(O)c(NC(=O)/C=C/c2cccc(OCc3ccccc3)c2)c1. The Hall–Kier alpha value is -3.58.